The first-order valence-electron chi connectivity index (χ1n) is 8.65. The van der Waals surface area contributed by atoms with Gasteiger partial charge in [-0.3, -0.25) is 4.79 Å². The van der Waals surface area contributed by atoms with Crippen molar-refractivity contribution in [2.75, 3.05) is 26.8 Å². The molecule has 0 saturated carbocycles. The maximum Gasteiger partial charge on any atom is 0.433 e. The molecular formula is C18H17F3N4O2S. The van der Waals surface area contributed by atoms with Gasteiger partial charge in [0, 0.05) is 32.2 Å². The third kappa shape index (κ3) is 3.49. The van der Waals surface area contributed by atoms with Gasteiger partial charge in [0.05, 0.1) is 16.3 Å². The van der Waals surface area contributed by atoms with Gasteiger partial charge in [0.25, 0.3) is 0 Å². The van der Waals surface area contributed by atoms with Gasteiger partial charge in [-0.15, -0.1) is 11.3 Å². The molecule has 0 bridgehead atoms. The molecule has 6 nitrogen and oxygen atoms in total. The Kier molecular flexibility index (Phi) is 4.84. The van der Waals surface area contributed by atoms with Gasteiger partial charge < -0.3 is 9.64 Å². The molecule has 1 atom stereocenters. The molecule has 0 N–H and O–H groups in total. The molecule has 3 aromatic heterocycles. The average Bonchev–Trinajstić information content (AvgIpc) is 3.38. The van der Waals surface area contributed by atoms with Crippen LogP contribution in [0.5, 0.6) is 0 Å². The lowest BCUT2D eigenvalue weighted by molar-refractivity contribution is -0.142. The zero-order valence-electron chi connectivity index (χ0n) is 14.9. The third-order valence-corrected chi connectivity index (χ3v) is 5.63. The van der Waals surface area contributed by atoms with Gasteiger partial charge in [0.2, 0.25) is 5.91 Å². The van der Waals surface area contributed by atoms with Crippen LogP contribution in [0, 0.1) is 0 Å². The van der Waals surface area contributed by atoms with Crippen LogP contribution in [0.25, 0.3) is 16.2 Å². The fourth-order valence-electron chi connectivity index (χ4n) is 3.39. The summed E-state index contributed by atoms with van der Waals surface area (Å²) in [5, 5.41) is 5.98. The number of rotatable bonds is 4. The van der Waals surface area contributed by atoms with Gasteiger partial charge in [0.1, 0.15) is 6.61 Å². The first-order valence-corrected chi connectivity index (χ1v) is 9.53. The molecule has 1 amide bonds. The number of alkyl halides is 3. The molecule has 1 fully saturated rings. The van der Waals surface area contributed by atoms with E-state index in [1.54, 1.807) is 28.5 Å². The Labute approximate surface area is 162 Å². The highest BCUT2D eigenvalue weighted by molar-refractivity contribution is 7.13. The summed E-state index contributed by atoms with van der Waals surface area (Å²) in [6.45, 7) is 0.924. The van der Waals surface area contributed by atoms with Gasteiger partial charge in [-0.1, -0.05) is 6.07 Å². The van der Waals surface area contributed by atoms with Crippen LogP contribution in [-0.4, -0.2) is 52.2 Å². The highest BCUT2D eigenvalue weighted by Crippen LogP contribution is 2.35. The number of halogens is 3. The number of methoxy groups -OCH3 is 1. The topological polar surface area (TPSA) is 59.7 Å². The van der Waals surface area contributed by atoms with E-state index in [1.807, 2.05) is 0 Å². The van der Waals surface area contributed by atoms with Crippen LogP contribution in [0.15, 0.2) is 29.6 Å². The quantitative estimate of drug-likeness (QED) is 0.661. The SMILES string of the molecule is COCC(=O)N1CC[C@H](c2cc3nc(-c4cccs4)cc(C(F)(F)F)n3n2)C1. The van der Waals surface area contributed by atoms with E-state index >= 15 is 0 Å². The number of carbonyl (C=O) groups excluding carboxylic acids is 1. The highest BCUT2D eigenvalue weighted by atomic mass is 32.1. The van der Waals surface area contributed by atoms with Crippen molar-refractivity contribution in [3.63, 3.8) is 0 Å². The van der Waals surface area contributed by atoms with Crippen molar-refractivity contribution in [3.05, 3.63) is 41.0 Å². The molecule has 4 heterocycles. The largest absolute Gasteiger partial charge is 0.433 e. The molecule has 4 rings (SSSR count). The van der Waals surface area contributed by atoms with Crippen LogP contribution in [-0.2, 0) is 15.7 Å². The number of hydrogen-bond donors (Lipinski definition) is 0. The van der Waals surface area contributed by atoms with E-state index in [0.717, 1.165) is 10.6 Å². The van der Waals surface area contributed by atoms with Crippen LogP contribution in [0.3, 0.4) is 0 Å². The number of carbonyl (C=O) groups is 1. The number of likely N-dealkylation sites (tertiary alicyclic amines) is 1. The van der Waals surface area contributed by atoms with Crippen LogP contribution >= 0.6 is 11.3 Å². The Bertz CT molecular complexity index is 1000. The van der Waals surface area contributed by atoms with E-state index < -0.39 is 11.9 Å². The van der Waals surface area contributed by atoms with Gasteiger partial charge in [0.15, 0.2) is 11.3 Å². The van der Waals surface area contributed by atoms with Crippen LogP contribution < -0.4 is 0 Å². The van der Waals surface area contributed by atoms with Crippen molar-refractivity contribution in [2.24, 2.45) is 0 Å². The summed E-state index contributed by atoms with van der Waals surface area (Å²) in [7, 11) is 1.45. The fraction of sp³-hybridized carbons (Fsp3) is 0.389. The summed E-state index contributed by atoms with van der Waals surface area (Å²) >= 11 is 1.33. The van der Waals surface area contributed by atoms with Crippen LogP contribution in [0.4, 0.5) is 13.2 Å². The second-order valence-electron chi connectivity index (χ2n) is 6.60. The van der Waals surface area contributed by atoms with Gasteiger partial charge in [-0.25, -0.2) is 9.50 Å². The monoisotopic (exact) mass is 410 g/mol. The van der Waals surface area contributed by atoms with E-state index in [0.29, 0.717) is 30.1 Å². The van der Waals surface area contributed by atoms with Gasteiger partial charge in [-0.05, 0) is 23.9 Å². The lowest BCUT2D eigenvalue weighted by Crippen LogP contribution is -2.31. The lowest BCUT2D eigenvalue weighted by atomic mass is 10.1. The predicted molar refractivity (Wildman–Crippen MR) is 97.1 cm³/mol. The molecule has 1 aliphatic rings. The van der Waals surface area contributed by atoms with Crippen molar-refractivity contribution in [1.82, 2.24) is 19.5 Å². The van der Waals surface area contributed by atoms with Crippen molar-refractivity contribution >= 4 is 22.9 Å². The minimum Gasteiger partial charge on any atom is -0.375 e. The maximum absolute atomic E-state index is 13.6. The normalized spacial score (nSPS) is 17.6. The van der Waals surface area contributed by atoms with Gasteiger partial charge >= 0.3 is 6.18 Å². The Morgan fingerprint density at radius 3 is 2.89 bits per heavy atom. The highest BCUT2D eigenvalue weighted by Gasteiger charge is 2.36. The number of fused-ring (bicyclic) bond motifs is 1. The second-order valence-corrected chi connectivity index (χ2v) is 7.55. The molecule has 148 valence electrons. The molecule has 10 heteroatoms. The molecule has 0 radical (unpaired) electrons. The third-order valence-electron chi connectivity index (χ3n) is 4.74. The van der Waals surface area contributed by atoms with Crippen molar-refractivity contribution < 1.29 is 22.7 Å². The number of nitrogens with zero attached hydrogens (tertiary/aromatic N) is 4. The molecule has 0 spiro atoms. The Morgan fingerprint density at radius 1 is 1.39 bits per heavy atom. The first kappa shape index (κ1) is 18.9. The second kappa shape index (κ2) is 7.17. The summed E-state index contributed by atoms with van der Waals surface area (Å²) in [6, 6.07) is 6.11. The fourth-order valence-corrected chi connectivity index (χ4v) is 4.07. The minimum atomic E-state index is -4.56. The Balaban J connectivity index is 1.71. The molecule has 0 aromatic carbocycles. The van der Waals surface area contributed by atoms with Crippen LogP contribution in [0.1, 0.15) is 23.7 Å². The first-order chi connectivity index (χ1) is 13.4. The lowest BCUT2D eigenvalue weighted by Gasteiger charge is -2.15. The van der Waals surface area contributed by atoms with Gasteiger partial charge in [-0.2, -0.15) is 18.3 Å². The standard InChI is InChI=1S/C18H17F3N4O2S/c1-27-10-17(26)24-5-4-11(9-24)12-8-16-22-13(14-3-2-6-28-14)7-15(18(19,20)21)25(16)23-12/h2-3,6-8,11H,4-5,9-10H2,1H3/t11-/m0/s1. The zero-order chi connectivity index (χ0) is 19.9. The van der Waals surface area contributed by atoms with Crippen molar-refractivity contribution in [2.45, 2.75) is 18.5 Å². The maximum atomic E-state index is 13.6. The summed E-state index contributed by atoms with van der Waals surface area (Å²) < 4.78 is 46.6. The number of amides is 1. The Hall–Kier alpha value is -2.46. The van der Waals surface area contributed by atoms with E-state index in [2.05, 4.69) is 10.1 Å². The number of thiophene rings is 1. The van der Waals surface area contributed by atoms with E-state index in [9.17, 15) is 18.0 Å². The number of hydrogen-bond acceptors (Lipinski definition) is 5. The number of ether oxygens (including phenoxy) is 1. The summed E-state index contributed by atoms with van der Waals surface area (Å²) in [6.07, 6.45) is -3.93. The van der Waals surface area contributed by atoms with Crippen molar-refractivity contribution in [1.29, 1.82) is 0 Å². The molecular weight excluding hydrogens is 393 g/mol. The van der Waals surface area contributed by atoms with E-state index in [-0.39, 0.29) is 29.8 Å². The van der Waals surface area contributed by atoms with E-state index in [4.69, 9.17) is 4.74 Å². The molecule has 3 aromatic rings. The molecule has 28 heavy (non-hydrogen) atoms. The number of aromatic nitrogens is 3. The average molecular weight is 410 g/mol. The van der Waals surface area contributed by atoms with Crippen molar-refractivity contribution in [3.8, 4) is 10.6 Å². The molecule has 0 unspecified atom stereocenters. The minimum absolute atomic E-state index is 0.0121. The molecule has 1 saturated heterocycles. The summed E-state index contributed by atoms with van der Waals surface area (Å²) in [5.74, 6) is -0.267. The summed E-state index contributed by atoms with van der Waals surface area (Å²) in [4.78, 5) is 18.7. The molecule has 1 aliphatic heterocycles. The predicted octanol–water partition coefficient (Wildman–Crippen LogP) is 3.44. The Morgan fingerprint density at radius 2 is 2.21 bits per heavy atom. The van der Waals surface area contributed by atoms with Crippen LogP contribution in [0.2, 0.25) is 0 Å². The summed E-state index contributed by atoms with van der Waals surface area (Å²) in [5.41, 5.74) is 0.0611. The molecule has 0 aliphatic carbocycles. The zero-order valence-corrected chi connectivity index (χ0v) is 15.8. The smallest absolute Gasteiger partial charge is 0.375 e. The van der Waals surface area contributed by atoms with E-state index in [1.165, 1.54) is 18.4 Å².